The summed E-state index contributed by atoms with van der Waals surface area (Å²) >= 11 is 0. The lowest BCUT2D eigenvalue weighted by Crippen LogP contribution is -2.15. The van der Waals surface area contributed by atoms with Crippen molar-refractivity contribution < 1.29 is 13.3 Å². The molecule has 1 heterocycles. The Morgan fingerprint density at radius 2 is 2.00 bits per heavy atom. The molecule has 1 aromatic carbocycles. The zero-order valence-corrected chi connectivity index (χ0v) is 12.0. The second kappa shape index (κ2) is 5.62. The minimum Gasteiger partial charge on any atom is -0.341 e. The fourth-order valence-corrected chi connectivity index (χ4v) is 3.53. The topological polar surface area (TPSA) is 82.2 Å². The summed E-state index contributed by atoms with van der Waals surface area (Å²) in [6.07, 6.45) is 2.27. The van der Waals surface area contributed by atoms with Crippen LogP contribution in [0, 0.1) is 10.1 Å². The van der Waals surface area contributed by atoms with E-state index in [1.54, 1.807) is 29.0 Å². The first-order chi connectivity index (χ1) is 9.44. The predicted octanol–water partition coefficient (Wildman–Crippen LogP) is 2.37. The van der Waals surface area contributed by atoms with Crippen molar-refractivity contribution in [2.75, 3.05) is 11.5 Å². The summed E-state index contributed by atoms with van der Waals surface area (Å²) in [6.45, 7) is 2.05. The van der Waals surface area contributed by atoms with E-state index in [4.69, 9.17) is 0 Å². The molecule has 2 aromatic rings. The second-order valence-corrected chi connectivity index (χ2v) is 6.94. The van der Waals surface area contributed by atoms with Gasteiger partial charge in [-0.3, -0.25) is 10.1 Å². The van der Waals surface area contributed by atoms with Gasteiger partial charge in [0.15, 0.2) is 9.84 Å². The van der Waals surface area contributed by atoms with E-state index >= 15 is 0 Å². The number of fused-ring (bicyclic) bond motifs is 1. The number of benzene rings is 1. The largest absolute Gasteiger partial charge is 0.341 e. The molecule has 0 bridgehead atoms. The molecule has 0 saturated carbocycles. The lowest BCUT2D eigenvalue weighted by Gasteiger charge is -2.06. The van der Waals surface area contributed by atoms with Crippen molar-refractivity contribution in [2.24, 2.45) is 0 Å². The third-order valence-corrected chi connectivity index (χ3v) is 4.96. The van der Waals surface area contributed by atoms with Gasteiger partial charge in [-0.05, 0) is 12.5 Å². The monoisotopic (exact) mass is 296 g/mol. The number of hydrogen-bond donors (Lipinski definition) is 0. The molecule has 0 spiro atoms. The van der Waals surface area contributed by atoms with E-state index in [1.165, 1.54) is 6.07 Å². The van der Waals surface area contributed by atoms with Crippen LogP contribution in [0.2, 0.25) is 0 Å². The number of rotatable bonds is 6. The van der Waals surface area contributed by atoms with E-state index < -0.39 is 14.8 Å². The SMILES string of the molecule is CCCS(=O)(=O)CCn1ccc2cccc([N+](=O)[O-])c21. The highest BCUT2D eigenvalue weighted by Crippen LogP contribution is 2.26. The number of aryl methyl sites for hydroxylation is 1. The molecule has 0 aliphatic heterocycles. The van der Waals surface area contributed by atoms with Gasteiger partial charge in [-0.2, -0.15) is 0 Å². The predicted molar refractivity (Wildman–Crippen MR) is 77.5 cm³/mol. The van der Waals surface area contributed by atoms with Crippen molar-refractivity contribution in [1.82, 2.24) is 4.57 Å². The van der Waals surface area contributed by atoms with E-state index in [0.717, 1.165) is 5.39 Å². The number of non-ortho nitro benzene ring substituents is 1. The number of nitro benzene ring substituents is 1. The van der Waals surface area contributed by atoms with Gasteiger partial charge in [-0.25, -0.2) is 8.42 Å². The highest BCUT2D eigenvalue weighted by atomic mass is 32.2. The average molecular weight is 296 g/mol. The van der Waals surface area contributed by atoms with E-state index in [9.17, 15) is 18.5 Å². The molecule has 0 atom stereocenters. The van der Waals surface area contributed by atoms with Gasteiger partial charge in [0.2, 0.25) is 0 Å². The molecular formula is C13H16N2O4S. The third kappa shape index (κ3) is 2.98. The van der Waals surface area contributed by atoms with Gasteiger partial charge in [-0.1, -0.05) is 19.1 Å². The summed E-state index contributed by atoms with van der Waals surface area (Å²) in [7, 11) is -3.10. The van der Waals surface area contributed by atoms with Crippen molar-refractivity contribution in [1.29, 1.82) is 0 Å². The van der Waals surface area contributed by atoms with Gasteiger partial charge >= 0.3 is 0 Å². The Morgan fingerprint density at radius 3 is 2.65 bits per heavy atom. The van der Waals surface area contributed by atoms with Crippen molar-refractivity contribution in [3.8, 4) is 0 Å². The first kappa shape index (κ1) is 14.5. The van der Waals surface area contributed by atoms with E-state index in [1.807, 2.05) is 6.92 Å². The standard InChI is InChI=1S/C13H16N2O4S/c1-2-9-20(18,19)10-8-14-7-6-11-4-3-5-12(13(11)14)15(16)17/h3-7H,2,8-10H2,1H3. The number of para-hydroxylation sites is 1. The molecule has 0 N–H and O–H groups in total. The molecule has 6 nitrogen and oxygen atoms in total. The van der Waals surface area contributed by atoms with Crippen LogP contribution >= 0.6 is 0 Å². The molecule has 0 radical (unpaired) electrons. The van der Waals surface area contributed by atoms with Crippen LogP contribution in [0.5, 0.6) is 0 Å². The number of hydrogen-bond acceptors (Lipinski definition) is 4. The van der Waals surface area contributed by atoms with Crippen molar-refractivity contribution in [2.45, 2.75) is 19.9 Å². The van der Waals surface area contributed by atoms with Gasteiger partial charge in [0.05, 0.1) is 10.7 Å². The summed E-state index contributed by atoms with van der Waals surface area (Å²) in [6, 6.07) is 6.59. The molecule has 0 aliphatic carbocycles. The van der Waals surface area contributed by atoms with Crippen LogP contribution in [-0.4, -0.2) is 29.4 Å². The molecule has 1 aromatic heterocycles. The molecule has 0 unspecified atom stereocenters. The smallest absolute Gasteiger partial charge is 0.293 e. The van der Waals surface area contributed by atoms with Crippen molar-refractivity contribution in [3.63, 3.8) is 0 Å². The van der Waals surface area contributed by atoms with Gasteiger partial charge in [0.25, 0.3) is 5.69 Å². The summed E-state index contributed by atoms with van der Waals surface area (Å²) in [4.78, 5) is 10.6. The molecule has 7 heteroatoms. The molecule has 0 fully saturated rings. The van der Waals surface area contributed by atoms with Crippen LogP contribution in [-0.2, 0) is 16.4 Å². The highest BCUT2D eigenvalue weighted by molar-refractivity contribution is 7.91. The molecule has 2 rings (SSSR count). The molecule has 0 saturated heterocycles. The summed E-state index contributed by atoms with van der Waals surface area (Å²) in [5.41, 5.74) is 0.476. The van der Waals surface area contributed by atoms with Gasteiger partial charge in [0.1, 0.15) is 5.52 Å². The quantitative estimate of drug-likeness (QED) is 0.605. The maximum atomic E-state index is 11.7. The molecule has 108 valence electrons. The Bertz CT molecular complexity index is 734. The number of sulfone groups is 1. The van der Waals surface area contributed by atoms with E-state index in [0.29, 0.717) is 11.9 Å². The van der Waals surface area contributed by atoms with Crippen molar-refractivity contribution >= 4 is 26.4 Å². The van der Waals surface area contributed by atoms with Crippen molar-refractivity contribution in [3.05, 3.63) is 40.6 Å². The number of nitro groups is 1. The first-order valence-electron chi connectivity index (χ1n) is 6.37. The summed E-state index contributed by atoms with van der Waals surface area (Å²) in [5, 5.41) is 11.8. The van der Waals surface area contributed by atoms with Crippen LogP contribution in [0.1, 0.15) is 13.3 Å². The van der Waals surface area contributed by atoms with Crippen LogP contribution < -0.4 is 0 Å². The lowest BCUT2D eigenvalue weighted by atomic mass is 10.2. The highest BCUT2D eigenvalue weighted by Gasteiger charge is 2.17. The fourth-order valence-electron chi connectivity index (χ4n) is 2.23. The Balaban J connectivity index is 2.34. The minimum absolute atomic E-state index is 0.000361. The Kier molecular flexibility index (Phi) is 4.08. The van der Waals surface area contributed by atoms with Crippen LogP contribution in [0.3, 0.4) is 0 Å². The van der Waals surface area contributed by atoms with Gasteiger partial charge in [-0.15, -0.1) is 0 Å². The summed E-state index contributed by atoms with van der Waals surface area (Å²) in [5.74, 6) is 0.144. The Labute approximate surface area is 117 Å². The minimum atomic E-state index is -3.10. The molecular weight excluding hydrogens is 280 g/mol. The third-order valence-electron chi connectivity index (χ3n) is 3.12. The molecule has 20 heavy (non-hydrogen) atoms. The van der Waals surface area contributed by atoms with Gasteiger partial charge < -0.3 is 4.57 Å². The van der Waals surface area contributed by atoms with Crippen LogP contribution in [0.25, 0.3) is 10.9 Å². The Morgan fingerprint density at radius 1 is 1.25 bits per heavy atom. The fraction of sp³-hybridized carbons (Fsp3) is 0.385. The maximum absolute atomic E-state index is 11.7. The normalized spacial score (nSPS) is 11.8. The first-order valence-corrected chi connectivity index (χ1v) is 8.19. The van der Waals surface area contributed by atoms with E-state index in [2.05, 4.69) is 0 Å². The lowest BCUT2D eigenvalue weighted by molar-refractivity contribution is -0.383. The summed E-state index contributed by atoms with van der Waals surface area (Å²) < 4.78 is 25.1. The Hall–Kier alpha value is -1.89. The average Bonchev–Trinajstić information content (AvgIpc) is 2.79. The molecule has 0 aliphatic rings. The zero-order valence-electron chi connectivity index (χ0n) is 11.2. The van der Waals surface area contributed by atoms with Gasteiger partial charge in [0, 0.05) is 29.9 Å². The maximum Gasteiger partial charge on any atom is 0.293 e. The van der Waals surface area contributed by atoms with Crippen LogP contribution in [0.4, 0.5) is 5.69 Å². The van der Waals surface area contributed by atoms with E-state index in [-0.39, 0.29) is 23.7 Å². The number of aromatic nitrogens is 1. The molecule has 0 amide bonds. The number of nitrogens with zero attached hydrogens (tertiary/aromatic N) is 2. The zero-order chi connectivity index (χ0) is 14.8. The van der Waals surface area contributed by atoms with Crippen LogP contribution in [0.15, 0.2) is 30.5 Å². The second-order valence-electron chi connectivity index (χ2n) is 4.63.